The molecule has 0 atom stereocenters. The summed E-state index contributed by atoms with van der Waals surface area (Å²) >= 11 is 0. The van der Waals surface area contributed by atoms with E-state index in [9.17, 15) is 4.79 Å². The van der Waals surface area contributed by atoms with Gasteiger partial charge in [0.2, 0.25) is 5.91 Å². The lowest BCUT2D eigenvalue weighted by atomic mass is 10.2. The highest BCUT2D eigenvalue weighted by Crippen LogP contribution is 2.01. The second kappa shape index (κ2) is 8.63. The van der Waals surface area contributed by atoms with Crippen LogP contribution in [0.15, 0.2) is 58.1 Å². The Morgan fingerprint density at radius 3 is 2.57 bits per heavy atom. The van der Waals surface area contributed by atoms with Gasteiger partial charge in [-0.1, -0.05) is 30.3 Å². The van der Waals surface area contributed by atoms with Crippen molar-refractivity contribution in [1.29, 1.82) is 0 Å². The molecule has 0 saturated carbocycles. The van der Waals surface area contributed by atoms with Crippen molar-refractivity contribution in [3.05, 3.63) is 60.1 Å². The van der Waals surface area contributed by atoms with Crippen molar-refractivity contribution in [3.8, 4) is 0 Å². The van der Waals surface area contributed by atoms with E-state index in [1.165, 1.54) is 4.90 Å². The summed E-state index contributed by atoms with van der Waals surface area (Å²) in [4.78, 5) is 17.8. The number of amides is 1. The monoisotopic (exact) mass is 314 g/mol. The first-order valence-electron chi connectivity index (χ1n) is 7.44. The fourth-order valence-corrected chi connectivity index (χ4v) is 1.83. The van der Waals surface area contributed by atoms with Gasteiger partial charge in [-0.15, -0.1) is 0 Å². The molecule has 0 saturated heterocycles. The fraction of sp³-hybridized carbons (Fsp3) is 0.294. The Morgan fingerprint density at radius 2 is 1.91 bits per heavy atom. The molecule has 122 valence electrons. The number of nitrogens with one attached hydrogen (secondary N) is 2. The van der Waals surface area contributed by atoms with Crippen molar-refractivity contribution in [1.82, 2.24) is 15.5 Å². The van der Waals surface area contributed by atoms with E-state index in [0.717, 1.165) is 11.3 Å². The first-order valence-corrected chi connectivity index (χ1v) is 7.44. The van der Waals surface area contributed by atoms with Gasteiger partial charge in [0.25, 0.3) is 0 Å². The third kappa shape index (κ3) is 5.86. The van der Waals surface area contributed by atoms with Crippen molar-refractivity contribution in [2.45, 2.75) is 13.1 Å². The molecule has 0 aliphatic heterocycles. The van der Waals surface area contributed by atoms with E-state index in [-0.39, 0.29) is 12.5 Å². The summed E-state index contributed by atoms with van der Waals surface area (Å²) in [5, 5.41) is 6.20. The Balaban J connectivity index is 1.96. The van der Waals surface area contributed by atoms with Crippen LogP contribution in [0.1, 0.15) is 11.3 Å². The summed E-state index contributed by atoms with van der Waals surface area (Å²) in [6, 6.07) is 13.7. The van der Waals surface area contributed by atoms with Crippen LogP contribution >= 0.6 is 0 Å². The summed E-state index contributed by atoms with van der Waals surface area (Å²) in [7, 11) is 3.45. The molecule has 23 heavy (non-hydrogen) atoms. The van der Waals surface area contributed by atoms with Crippen LogP contribution in [0.25, 0.3) is 0 Å². The van der Waals surface area contributed by atoms with Crippen LogP contribution in [0.5, 0.6) is 0 Å². The normalized spacial score (nSPS) is 11.1. The molecular weight excluding hydrogens is 292 g/mol. The van der Waals surface area contributed by atoms with E-state index in [4.69, 9.17) is 4.42 Å². The maximum absolute atomic E-state index is 11.7. The molecule has 6 heteroatoms. The average Bonchev–Trinajstić information content (AvgIpc) is 3.08. The van der Waals surface area contributed by atoms with E-state index < -0.39 is 0 Å². The van der Waals surface area contributed by atoms with Crippen LogP contribution < -0.4 is 10.6 Å². The molecule has 0 spiro atoms. The van der Waals surface area contributed by atoms with Gasteiger partial charge in [0.15, 0.2) is 5.96 Å². The molecule has 1 amide bonds. The fourth-order valence-electron chi connectivity index (χ4n) is 1.83. The van der Waals surface area contributed by atoms with Gasteiger partial charge in [0.05, 0.1) is 25.9 Å². The third-order valence-electron chi connectivity index (χ3n) is 3.18. The molecule has 6 nitrogen and oxygen atoms in total. The van der Waals surface area contributed by atoms with Crippen LogP contribution in [-0.4, -0.2) is 37.4 Å². The molecule has 0 aliphatic rings. The van der Waals surface area contributed by atoms with Gasteiger partial charge in [-0.25, -0.2) is 4.99 Å². The molecule has 1 aromatic heterocycles. The number of carbonyl (C=O) groups is 1. The predicted molar refractivity (Wildman–Crippen MR) is 89.8 cm³/mol. The van der Waals surface area contributed by atoms with Crippen molar-refractivity contribution in [3.63, 3.8) is 0 Å². The van der Waals surface area contributed by atoms with E-state index in [0.29, 0.717) is 19.0 Å². The van der Waals surface area contributed by atoms with Crippen molar-refractivity contribution >= 4 is 11.9 Å². The first kappa shape index (κ1) is 16.6. The number of nitrogens with zero attached hydrogens (tertiary/aromatic N) is 2. The van der Waals surface area contributed by atoms with Crippen LogP contribution in [0.3, 0.4) is 0 Å². The zero-order chi connectivity index (χ0) is 16.5. The number of hydrogen-bond acceptors (Lipinski definition) is 3. The minimum atomic E-state index is -0.0165. The van der Waals surface area contributed by atoms with E-state index >= 15 is 0 Å². The zero-order valence-electron chi connectivity index (χ0n) is 13.5. The number of aliphatic imine (C=N–C) groups is 1. The molecule has 0 fully saturated rings. The summed E-state index contributed by atoms with van der Waals surface area (Å²) in [6.45, 7) is 1.22. The van der Waals surface area contributed by atoms with E-state index in [2.05, 4.69) is 15.6 Å². The predicted octanol–water partition coefficient (Wildman–Crippen LogP) is 1.60. The van der Waals surface area contributed by atoms with Gasteiger partial charge in [0.1, 0.15) is 5.76 Å². The summed E-state index contributed by atoms with van der Waals surface area (Å²) in [6.07, 6.45) is 1.63. The highest BCUT2D eigenvalue weighted by molar-refractivity contribution is 5.86. The van der Waals surface area contributed by atoms with Gasteiger partial charge in [-0.05, 0) is 17.7 Å². The number of likely N-dealkylation sites (N-methyl/N-ethyl adjacent to an activating group) is 1. The number of hydrogen-bond donors (Lipinski definition) is 2. The molecule has 0 aliphatic carbocycles. The average molecular weight is 314 g/mol. The number of carbonyl (C=O) groups excluding carboxylic acids is 1. The van der Waals surface area contributed by atoms with Gasteiger partial charge >= 0.3 is 0 Å². The van der Waals surface area contributed by atoms with Crippen LogP contribution in [0.2, 0.25) is 0 Å². The minimum Gasteiger partial charge on any atom is -0.467 e. The SMILES string of the molecule is CN(C)C(=O)CNC(=NCc1ccccc1)NCc1ccco1. The molecular formula is C17H22N4O2. The van der Waals surface area contributed by atoms with E-state index in [1.807, 2.05) is 42.5 Å². The quantitative estimate of drug-likeness (QED) is 0.628. The van der Waals surface area contributed by atoms with Crippen LogP contribution in [0.4, 0.5) is 0 Å². The van der Waals surface area contributed by atoms with Crippen LogP contribution in [-0.2, 0) is 17.9 Å². The first-order chi connectivity index (χ1) is 11.1. The lowest BCUT2D eigenvalue weighted by molar-refractivity contribution is -0.127. The topological polar surface area (TPSA) is 69.9 Å². The standard InChI is InChI=1S/C17H22N4O2/c1-21(2)16(22)13-20-17(19-12-15-9-6-10-23-15)18-11-14-7-4-3-5-8-14/h3-10H,11-13H2,1-2H3,(H2,18,19,20). The van der Waals surface area contributed by atoms with Crippen molar-refractivity contribution < 1.29 is 9.21 Å². The molecule has 0 bridgehead atoms. The molecule has 2 N–H and O–H groups in total. The molecule has 1 aromatic carbocycles. The Hall–Kier alpha value is -2.76. The smallest absolute Gasteiger partial charge is 0.241 e. The van der Waals surface area contributed by atoms with Crippen molar-refractivity contribution in [2.24, 2.45) is 4.99 Å². The highest BCUT2D eigenvalue weighted by atomic mass is 16.3. The molecule has 0 unspecified atom stereocenters. The zero-order valence-corrected chi connectivity index (χ0v) is 13.5. The van der Waals surface area contributed by atoms with Crippen LogP contribution in [0, 0.1) is 0 Å². The largest absolute Gasteiger partial charge is 0.467 e. The number of benzene rings is 1. The van der Waals surface area contributed by atoms with Gasteiger partial charge in [-0.2, -0.15) is 0 Å². The van der Waals surface area contributed by atoms with Gasteiger partial charge in [-0.3, -0.25) is 4.79 Å². The van der Waals surface area contributed by atoms with Gasteiger partial charge < -0.3 is 20.0 Å². The lowest BCUT2D eigenvalue weighted by Gasteiger charge is -2.14. The maximum atomic E-state index is 11.7. The molecule has 1 heterocycles. The summed E-state index contributed by atoms with van der Waals surface area (Å²) in [5.41, 5.74) is 1.10. The van der Waals surface area contributed by atoms with Crippen molar-refractivity contribution in [2.75, 3.05) is 20.6 Å². The number of guanidine groups is 1. The Labute approximate surface area is 136 Å². The molecule has 0 radical (unpaired) electrons. The molecule has 2 aromatic rings. The summed E-state index contributed by atoms with van der Waals surface area (Å²) in [5.74, 6) is 1.36. The second-order valence-electron chi connectivity index (χ2n) is 5.23. The number of furan rings is 1. The Morgan fingerprint density at radius 1 is 1.13 bits per heavy atom. The molecule has 2 rings (SSSR count). The van der Waals surface area contributed by atoms with E-state index in [1.54, 1.807) is 20.4 Å². The maximum Gasteiger partial charge on any atom is 0.241 e. The number of rotatable bonds is 6. The third-order valence-corrected chi connectivity index (χ3v) is 3.18. The Bertz CT molecular complexity index is 621. The van der Waals surface area contributed by atoms with Gasteiger partial charge in [0, 0.05) is 14.1 Å². The minimum absolute atomic E-state index is 0.0165. The summed E-state index contributed by atoms with van der Waals surface area (Å²) < 4.78 is 5.29. The highest BCUT2D eigenvalue weighted by Gasteiger charge is 2.06. The second-order valence-corrected chi connectivity index (χ2v) is 5.23. The Kier molecular flexibility index (Phi) is 6.23. The lowest BCUT2D eigenvalue weighted by Crippen LogP contribution is -2.42.